The Morgan fingerprint density at radius 3 is 2.51 bits per heavy atom. The summed E-state index contributed by atoms with van der Waals surface area (Å²) in [6.07, 6.45) is 4.63. The molecule has 0 saturated carbocycles. The lowest BCUT2D eigenvalue weighted by molar-refractivity contribution is 0.0506. The van der Waals surface area contributed by atoms with Crippen LogP contribution in [0.1, 0.15) is 61.7 Å². The Kier molecular flexibility index (Phi) is 6.12. The van der Waals surface area contributed by atoms with Crippen molar-refractivity contribution >= 4 is 16.9 Å². The van der Waals surface area contributed by atoms with Crippen LogP contribution in [0.25, 0.3) is 16.5 Å². The van der Waals surface area contributed by atoms with Crippen molar-refractivity contribution in [3.63, 3.8) is 0 Å². The molecule has 0 spiro atoms. The molecular weight excluding hydrogens is 464 g/mol. The standard InChI is InChI=1S/C30H30N4O3/c1-19(32-29(36)37-30(2,3)4)27-24-16-15-21-13-14-22(12-11-20-17-31-33(5)18-20)26(25(21)24)28(35)34(27)23-9-7-6-8-10-23/h6-10,13-14,17-19H,15-16H2,1-5H3,(H,32,36). The molecule has 0 aliphatic heterocycles. The number of hydrogen-bond acceptors (Lipinski definition) is 4. The van der Waals surface area contributed by atoms with Crippen LogP contribution >= 0.6 is 0 Å². The van der Waals surface area contributed by atoms with Crippen LogP contribution in [-0.2, 0) is 24.6 Å². The first-order chi connectivity index (χ1) is 17.6. The molecule has 1 unspecified atom stereocenters. The van der Waals surface area contributed by atoms with Crippen LogP contribution in [0, 0.1) is 11.8 Å². The molecule has 1 aliphatic rings. The Hall–Kier alpha value is -4.31. The van der Waals surface area contributed by atoms with E-state index in [2.05, 4.69) is 28.3 Å². The lowest BCUT2D eigenvalue weighted by Gasteiger charge is -2.26. The van der Waals surface area contributed by atoms with E-state index in [-0.39, 0.29) is 5.56 Å². The molecule has 0 saturated heterocycles. The van der Waals surface area contributed by atoms with E-state index >= 15 is 0 Å². The highest BCUT2D eigenvalue weighted by molar-refractivity contribution is 5.95. The fourth-order valence-corrected chi connectivity index (χ4v) is 4.99. The van der Waals surface area contributed by atoms with Gasteiger partial charge in [0.1, 0.15) is 5.60 Å². The second-order valence-corrected chi connectivity index (χ2v) is 10.4. The van der Waals surface area contributed by atoms with Crippen molar-refractivity contribution in [1.82, 2.24) is 19.7 Å². The normalized spacial score (nSPS) is 13.2. The summed E-state index contributed by atoms with van der Waals surface area (Å²) in [6.45, 7) is 7.37. The lowest BCUT2D eigenvalue weighted by atomic mass is 9.97. The summed E-state index contributed by atoms with van der Waals surface area (Å²) in [7, 11) is 1.84. The van der Waals surface area contributed by atoms with Crippen LogP contribution in [0.4, 0.5) is 4.79 Å². The van der Waals surface area contributed by atoms with E-state index in [0.717, 1.165) is 46.3 Å². The SMILES string of the molecule is CC(NC(=O)OC(C)(C)C)c1c2c3c(ccc(C#Cc4cnn(C)c4)c3c(=O)n1-c1ccccc1)CC2. The first-order valence-electron chi connectivity index (χ1n) is 12.4. The summed E-state index contributed by atoms with van der Waals surface area (Å²) in [4.78, 5) is 27.0. The van der Waals surface area contributed by atoms with Gasteiger partial charge in [-0.25, -0.2) is 4.79 Å². The fraction of sp³-hybridized carbons (Fsp3) is 0.300. The smallest absolute Gasteiger partial charge is 0.408 e. The third-order valence-corrected chi connectivity index (χ3v) is 6.41. The number of alkyl carbamates (subject to hydrolysis) is 1. The van der Waals surface area contributed by atoms with Gasteiger partial charge in [0.05, 0.1) is 28.9 Å². The van der Waals surface area contributed by atoms with Gasteiger partial charge >= 0.3 is 6.09 Å². The molecular formula is C30H30N4O3. The van der Waals surface area contributed by atoms with Gasteiger partial charge in [-0.15, -0.1) is 0 Å². The van der Waals surface area contributed by atoms with Gasteiger partial charge in [0.15, 0.2) is 0 Å². The zero-order valence-corrected chi connectivity index (χ0v) is 21.8. The first-order valence-corrected chi connectivity index (χ1v) is 12.4. The van der Waals surface area contributed by atoms with E-state index in [9.17, 15) is 9.59 Å². The molecule has 4 aromatic rings. The zero-order valence-electron chi connectivity index (χ0n) is 21.8. The van der Waals surface area contributed by atoms with Gasteiger partial charge in [0.25, 0.3) is 5.56 Å². The van der Waals surface area contributed by atoms with E-state index in [0.29, 0.717) is 10.9 Å². The van der Waals surface area contributed by atoms with Crippen LogP contribution < -0.4 is 10.9 Å². The van der Waals surface area contributed by atoms with Crippen molar-refractivity contribution in [2.75, 3.05) is 0 Å². The second-order valence-electron chi connectivity index (χ2n) is 10.4. The largest absolute Gasteiger partial charge is 0.444 e. The third-order valence-electron chi connectivity index (χ3n) is 6.41. The maximum atomic E-state index is 14.3. The average Bonchev–Trinajstić information content (AvgIpc) is 3.45. The first kappa shape index (κ1) is 24.4. The fourth-order valence-electron chi connectivity index (χ4n) is 4.99. The van der Waals surface area contributed by atoms with Gasteiger partial charge in [0, 0.05) is 24.5 Å². The van der Waals surface area contributed by atoms with Crippen LogP contribution in [0.2, 0.25) is 0 Å². The highest BCUT2D eigenvalue weighted by Crippen LogP contribution is 2.36. The summed E-state index contributed by atoms with van der Waals surface area (Å²) in [5, 5.41) is 8.70. The monoisotopic (exact) mass is 494 g/mol. The molecule has 7 heteroatoms. The summed E-state index contributed by atoms with van der Waals surface area (Å²) < 4.78 is 8.94. The topological polar surface area (TPSA) is 78.2 Å². The predicted octanol–water partition coefficient (Wildman–Crippen LogP) is 4.81. The molecule has 7 nitrogen and oxygen atoms in total. The van der Waals surface area contributed by atoms with Crippen LogP contribution in [0.15, 0.2) is 59.7 Å². The van der Waals surface area contributed by atoms with E-state index in [4.69, 9.17) is 4.74 Å². The van der Waals surface area contributed by atoms with E-state index in [1.165, 1.54) is 0 Å². The van der Waals surface area contributed by atoms with Crippen molar-refractivity contribution < 1.29 is 9.53 Å². The quantitative estimate of drug-likeness (QED) is 0.415. The van der Waals surface area contributed by atoms with E-state index < -0.39 is 17.7 Å². The molecule has 1 atom stereocenters. The summed E-state index contributed by atoms with van der Waals surface area (Å²) >= 11 is 0. The van der Waals surface area contributed by atoms with E-state index in [1.54, 1.807) is 15.4 Å². The maximum Gasteiger partial charge on any atom is 0.408 e. The number of aromatic nitrogens is 3. The van der Waals surface area contributed by atoms with Gasteiger partial charge in [-0.1, -0.05) is 36.1 Å². The lowest BCUT2D eigenvalue weighted by Crippen LogP contribution is -2.37. The molecule has 37 heavy (non-hydrogen) atoms. The molecule has 2 aromatic carbocycles. The summed E-state index contributed by atoms with van der Waals surface area (Å²) in [5.74, 6) is 6.37. The van der Waals surface area contributed by atoms with Crippen LogP contribution in [0.5, 0.6) is 0 Å². The number of benzene rings is 2. The molecule has 5 rings (SSSR count). The summed E-state index contributed by atoms with van der Waals surface area (Å²) in [5.41, 5.74) is 4.37. The predicted molar refractivity (Wildman–Crippen MR) is 144 cm³/mol. The minimum atomic E-state index is -0.627. The minimum Gasteiger partial charge on any atom is -0.444 e. The number of amides is 1. The number of aryl methyl sites for hydroxylation is 3. The van der Waals surface area contributed by atoms with E-state index in [1.807, 2.05) is 77.3 Å². The highest BCUT2D eigenvalue weighted by atomic mass is 16.6. The average molecular weight is 495 g/mol. The number of hydrogen-bond donors (Lipinski definition) is 1. The second kappa shape index (κ2) is 9.29. The van der Waals surface area contributed by atoms with Crippen molar-refractivity contribution in [3.8, 4) is 17.5 Å². The highest BCUT2D eigenvalue weighted by Gasteiger charge is 2.29. The van der Waals surface area contributed by atoms with Crippen molar-refractivity contribution in [2.24, 2.45) is 7.05 Å². The molecule has 1 aliphatic carbocycles. The Labute approximate surface area is 216 Å². The zero-order chi connectivity index (χ0) is 26.3. The third kappa shape index (κ3) is 4.75. The molecule has 0 bridgehead atoms. The Bertz CT molecular complexity index is 1630. The molecule has 188 valence electrons. The number of nitrogens with one attached hydrogen (secondary N) is 1. The van der Waals surface area contributed by atoms with Gasteiger partial charge in [-0.05, 0) is 75.2 Å². The van der Waals surface area contributed by atoms with Crippen molar-refractivity contribution in [3.05, 3.63) is 93.2 Å². The minimum absolute atomic E-state index is 0.156. The van der Waals surface area contributed by atoms with Gasteiger partial charge < -0.3 is 10.1 Å². The molecule has 2 aromatic heterocycles. The van der Waals surface area contributed by atoms with Gasteiger partial charge in [0.2, 0.25) is 0 Å². The number of ether oxygens (including phenoxy) is 1. The number of carbonyl (C=O) groups is 1. The Morgan fingerprint density at radius 1 is 1.08 bits per heavy atom. The van der Waals surface area contributed by atoms with Crippen molar-refractivity contribution in [1.29, 1.82) is 0 Å². The summed E-state index contributed by atoms with van der Waals surface area (Å²) in [6, 6.07) is 13.1. The molecule has 0 radical (unpaired) electrons. The molecule has 1 N–H and O–H groups in total. The van der Waals surface area contributed by atoms with Crippen LogP contribution in [0.3, 0.4) is 0 Å². The van der Waals surface area contributed by atoms with Gasteiger partial charge in [-0.3, -0.25) is 14.0 Å². The number of rotatable bonds is 3. The number of para-hydroxylation sites is 1. The van der Waals surface area contributed by atoms with Gasteiger partial charge in [-0.2, -0.15) is 5.10 Å². The molecule has 2 heterocycles. The van der Waals surface area contributed by atoms with Crippen LogP contribution in [-0.4, -0.2) is 26.0 Å². The Balaban J connectivity index is 1.74. The van der Waals surface area contributed by atoms with Crippen molar-refractivity contribution in [2.45, 2.75) is 52.2 Å². The Morgan fingerprint density at radius 2 is 1.84 bits per heavy atom. The molecule has 1 amide bonds. The number of pyridine rings is 1. The number of nitrogens with zero attached hydrogens (tertiary/aromatic N) is 3. The maximum absolute atomic E-state index is 14.3. The number of carbonyl (C=O) groups excluding carboxylic acids is 1. The molecule has 0 fully saturated rings.